The van der Waals surface area contributed by atoms with Crippen molar-refractivity contribution in [2.24, 2.45) is 0 Å². The fraction of sp³-hybridized carbons (Fsp3) is 0.333. The van der Waals surface area contributed by atoms with Gasteiger partial charge in [0, 0.05) is 24.6 Å². The Morgan fingerprint density at radius 3 is 2.65 bits per heavy atom. The van der Waals surface area contributed by atoms with Gasteiger partial charge in [-0.1, -0.05) is 6.92 Å². The van der Waals surface area contributed by atoms with E-state index in [1.54, 1.807) is 22.7 Å². The van der Waals surface area contributed by atoms with E-state index in [4.69, 9.17) is 0 Å². The molecule has 2 rings (SSSR count). The molecule has 2 aromatic rings. The number of thiophene rings is 2. The minimum atomic E-state index is 0.298. The number of hydrogen-bond acceptors (Lipinski definition) is 3. The van der Waals surface area contributed by atoms with Crippen LogP contribution >= 0.6 is 54.5 Å². The van der Waals surface area contributed by atoms with Gasteiger partial charge in [0.25, 0.3) is 0 Å². The van der Waals surface area contributed by atoms with Crippen LogP contribution in [0.2, 0.25) is 0 Å². The molecule has 92 valence electrons. The molecule has 1 atom stereocenters. The maximum atomic E-state index is 3.63. The van der Waals surface area contributed by atoms with E-state index in [0.717, 1.165) is 17.4 Å². The molecule has 0 aliphatic carbocycles. The second-order valence-corrected chi connectivity index (χ2v) is 7.19. The first-order valence-electron chi connectivity index (χ1n) is 5.41. The molecule has 0 aliphatic heterocycles. The van der Waals surface area contributed by atoms with Crippen molar-refractivity contribution in [3.63, 3.8) is 0 Å². The van der Waals surface area contributed by atoms with Crippen LogP contribution in [0.3, 0.4) is 0 Å². The average Bonchev–Trinajstić information content (AvgIpc) is 2.90. The normalized spacial score (nSPS) is 12.9. The predicted octanol–water partition coefficient (Wildman–Crippen LogP) is 5.42. The van der Waals surface area contributed by atoms with E-state index in [1.165, 1.54) is 14.9 Å². The Labute approximate surface area is 127 Å². The van der Waals surface area contributed by atoms with Gasteiger partial charge in [-0.25, -0.2) is 0 Å². The zero-order valence-corrected chi connectivity index (χ0v) is 14.2. The standard InChI is InChI=1S/C12H13Br2NS2/c1-2-3-15-12(9-6-16-7-10(9)14)11-4-8(13)5-17-11/h4-7,12,15H,2-3H2,1H3. The summed E-state index contributed by atoms with van der Waals surface area (Å²) in [4.78, 5) is 1.35. The van der Waals surface area contributed by atoms with Crippen molar-refractivity contribution in [3.8, 4) is 0 Å². The van der Waals surface area contributed by atoms with Crippen LogP contribution in [0.15, 0.2) is 31.2 Å². The van der Waals surface area contributed by atoms with Crippen LogP contribution in [0, 0.1) is 0 Å². The number of nitrogens with one attached hydrogen (secondary N) is 1. The van der Waals surface area contributed by atoms with Crippen molar-refractivity contribution < 1.29 is 0 Å². The molecule has 5 heteroatoms. The molecule has 0 aliphatic rings. The Morgan fingerprint density at radius 1 is 1.29 bits per heavy atom. The molecule has 1 unspecified atom stereocenters. The maximum absolute atomic E-state index is 3.63. The van der Waals surface area contributed by atoms with Gasteiger partial charge in [0.1, 0.15) is 0 Å². The van der Waals surface area contributed by atoms with Crippen molar-refractivity contribution in [2.45, 2.75) is 19.4 Å². The lowest BCUT2D eigenvalue weighted by Crippen LogP contribution is -2.22. The van der Waals surface area contributed by atoms with Gasteiger partial charge in [-0.05, 0) is 61.8 Å². The zero-order chi connectivity index (χ0) is 12.3. The third-order valence-electron chi connectivity index (χ3n) is 2.42. The minimum Gasteiger partial charge on any atom is -0.306 e. The number of hydrogen-bond donors (Lipinski definition) is 1. The monoisotopic (exact) mass is 393 g/mol. The number of rotatable bonds is 5. The average molecular weight is 395 g/mol. The summed E-state index contributed by atoms with van der Waals surface area (Å²) in [6.07, 6.45) is 1.14. The first-order chi connectivity index (χ1) is 8.22. The summed E-state index contributed by atoms with van der Waals surface area (Å²) in [6, 6.07) is 2.49. The van der Waals surface area contributed by atoms with Crippen LogP contribution in [0.25, 0.3) is 0 Å². The van der Waals surface area contributed by atoms with Gasteiger partial charge < -0.3 is 5.32 Å². The first-order valence-corrected chi connectivity index (χ1v) is 8.82. The summed E-state index contributed by atoms with van der Waals surface area (Å²) in [5.74, 6) is 0. The smallest absolute Gasteiger partial charge is 0.0690 e. The molecule has 0 aromatic carbocycles. The number of halogens is 2. The van der Waals surface area contributed by atoms with E-state index in [9.17, 15) is 0 Å². The summed E-state index contributed by atoms with van der Waals surface area (Å²) < 4.78 is 2.35. The third-order valence-corrected chi connectivity index (χ3v) is 5.93. The second-order valence-electron chi connectivity index (χ2n) is 3.73. The lowest BCUT2D eigenvalue weighted by Gasteiger charge is -2.16. The summed E-state index contributed by atoms with van der Waals surface area (Å²) in [5, 5.41) is 10.1. The topological polar surface area (TPSA) is 12.0 Å². The van der Waals surface area contributed by atoms with Gasteiger partial charge in [0.2, 0.25) is 0 Å². The molecule has 0 amide bonds. The third kappa shape index (κ3) is 3.41. The molecule has 1 N–H and O–H groups in total. The van der Waals surface area contributed by atoms with Gasteiger partial charge in [-0.3, -0.25) is 0 Å². The van der Waals surface area contributed by atoms with Crippen molar-refractivity contribution in [3.05, 3.63) is 41.6 Å². The molecule has 0 bridgehead atoms. The summed E-state index contributed by atoms with van der Waals surface area (Å²) >= 11 is 10.7. The fourth-order valence-corrected chi connectivity index (χ4v) is 4.72. The molecule has 0 fully saturated rings. The second kappa shape index (κ2) is 6.48. The van der Waals surface area contributed by atoms with E-state index in [-0.39, 0.29) is 0 Å². The fourth-order valence-electron chi connectivity index (χ4n) is 1.63. The van der Waals surface area contributed by atoms with Crippen LogP contribution in [-0.4, -0.2) is 6.54 Å². The molecule has 0 radical (unpaired) electrons. The Hall–Kier alpha value is 0.320. The van der Waals surface area contributed by atoms with Gasteiger partial charge in [-0.2, -0.15) is 11.3 Å². The Bertz CT molecular complexity index is 478. The molecule has 17 heavy (non-hydrogen) atoms. The lowest BCUT2D eigenvalue weighted by atomic mass is 10.1. The van der Waals surface area contributed by atoms with Gasteiger partial charge >= 0.3 is 0 Å². The largest absolute Gasteiger partial charge is 0.306 e. The van der Waals surface area contributed by atoms with Crippen molar-refractivity contribution in [1.29, 1.82) is 0 Å². The summed E-state index contributed by atoms with van der Waals surface area (Å²) in [5.41, 5.74) is 1.33. The van der Waals surface area contributed by atoms with Crippen LogP contribution < -0.4 is 5.32 Å². The van der Waals surface area contributed by atoms with Gasteiger partial charge in [0.05, 0.1) is 6.04 Å². The molecule has 0 saturated carbocycles. The quantitative estimate of drug-likeness (QED) is 0.713. The zero-order valence-electron chi connectivity index (χ0n) is 9.37. The SMILES string of the molecule is CCCNC(c1cc(Br)cs1)c1cscc1Br. The highest BCUT2D eigenvalue weighted by molar-refractivity contribution is 9.10. The summed E-state index contributed by atoms with van der Waals surface area (Å²) in [7, 11) is 0. The van der Waals surface area contributed by atoms with Gasteiger partial charge in [-0.15, -0.1) is 11.3 Å². The highest BCUT2D eigenvalue weighted by Crippen LogP contribution is 2.35. The van der Waals surface area contributed by atoms with Gasteiger partial charge in [0.15, 0.2) is 0 Å². The molecule has 2 heterocycles. The van der Waals surface area contributed by atoms with Crippen LogP contribution in [-0.2, 0) is 0 Å². The Kier molecular flexibility index (Phi) is 5.24. The van der Waals surface area contributed by atoms with E-state index >= 15 is 0 Å². The van der Waals surface area contributed by atoms with Crippen molar-refractivity contribution in [2.75, 3.05) is 6.54 Å². The van der Waals surface area contributed by atoms with Crippen LogP contribution in [0.4, 0.5) is 0 Å². The van der Waals surface area contributed by atoms with E-state index < -0.39 is 0 Å². The minimum absolute atomic E-state index is 0.298. The van der Waals surface area contributed by atoms with Crippen LogP contribution in [0.1, 0.15) is 29.8 Å². The maximum Gasteiger partial charge on any atom is 0.0690 e. The highest BCUT2D eigenvalue weighted by Gasteiger charge is 2.18. The Balaban J connectivity index is 2.28. The molecule has 1 nitrogen and oxygen atoms in total. The summed E-state index contributed by atoms with van der Waals surface area (Å²) in [6.45, 7) is 3.22. The molecule has 0 spiro atoms. The van der Waals surface area contributed by atoms with Crippen molar-refractivity contribution >= 4 is 54.5 Å². The lowest BCUT2D eigenvalue weighted by molar-refractivity contribution is 0.605. The van der Waals surface area contributed by atoms with E-state index in [1.807, 2.05) is 0 Å². The molecule has 0 saturated heterocycles. The molecular formula is C12H13Br2NS2. The highest BCUT2D eigenvalue weighted by atomic mass is 79.9. The van der Waals surface area contributed by atoms with Crippen molar-refractivity contribution in [1.82, 2.24) is 5.32 Å². The van der Waals surface area contributed by atoms with E-state index in [0.29, 0.717) is 6.04 Å². The first kappa shape index (κ1) is 13.7. The molecular weight excluding hydrogens is 382 g/mol. The predicted molar refractivity (Wildman–Crippen MR) is 84.2 cm³/mol. The van der Waals surface area contributed by atoms with E-state index in [2.05, 4.69) is 66.3 Å². The molecule has 2 aromatic heterocycles. The Morgan fingerprint density at radius 2 is 2.12 bits per heavy atom. The van der Waals surface area contributed by atoms with Crippen LogP contribution in [0.5, 0.6) is 0 Å².